The van der Waals surface area contributed by atoms with Gasteiger partial charge in [0.15, 0.2) is 11.6 Å². The second-order valence-corrected chi connectivity index (χ2v) is 27.7. The number of aromatic nitrogens is 8. The van der Waals surface area contributed by atoms with E-state index in [-0.39, 0.29) is 102 Å². The standard InChI is InChI=1S/C22H27ClN6O3S.C13H18ClIN4O3.C10H14ClIN4O3.C9H10N2S/c1-22(2)31-16-10(9-30)7-13(17(16)32-22)25-19-15(18(23)27-21(24)28-19)20-26-12-6-5-11(29(3)4)8-14(12)33-20;1-13(2)21-8-5(4-20)3-6(9(8)22-13)17-11-7(15)10(14)18-12(16)19-11;11-8-5(12)9(16-10(13)15-8)14-4-1-3(2-17)6(18)7(4)19;1-11(2)7-3-4-8-9(5-7)12-6-10-8/h5-6,8,10,13,16-17,30H,7,9H2,1-4H3,(H3,24,25,27,28);5-6,8-9,20H,3-4H2,1-2H3,(H3,16,17,18,19);3-4,6-7,17-19H,1-2H2,(H3,13,14,15,16);3-6H,1-2H3/t10-,13-,16-,17+;5-,6-,8-,9+;3-,4-,6-,7+;/m111./s1. The molecular formula is C54H69Cl3I2N16O9S2. The maximum atomic E-state index is 9.92. The maximum absolute atomic E-state index is 9.92. The molecule has 0 radical (unpaired) electrons. The highest BCUT2D eigenvalue weighted by atomic mass is 127. The molecule has 2 saturated heterocycles. The van der Waals surface area contributed by atoms with Crippen molar-refractivity contribution in [2.24, 2.45) is 17.8 Å². The number of rotatable bonds is 12. The number of anilines is 8. The lowest BCUT2D eigenvalue weighted by atomic mass is 10.1. The zero-order valence-electron chi connectivity index (χ0n) is 48.0. The lowest BCUT2D eigenvalue weighted by Gasteiger charge is -2.24. The first kappa shape index (κ1) is 66.3. The van der Waals surface area contributed by atoms with Crippen LogP contribution in [0.5, 0.6) is 0 Å². The summed E-state index contributed by atoms with van der Waals surface area (Å²) in [5.74, 6) is -0.0547. The summed E-state index contributed by atoms with van der Waals surface area (Å²) in [6.45, 7) is 7.41. The van der Waals surface area contributed by atoms with Crippen LogP contribution in [0.1, 0.15) is 47.0 Å². The van der Waals surface area contributed by atoms with Crippen molar-refractivity contribution in [3.63, 3.8) is 0 Å². The molecule has 25 nitrogen and oxygen atoms in total. The van der Waals surface area contributed by atoms with Gasteiger partial charge in [0, 0.05) is 77.1 Å². The topological polar surface area (TPSA) is 362 Å². The van der Waals surface area contributed by atoms with Gasteiger partial charge < -0.3 is 87.4 Å². The van der Waals surface area contributed by atoms with Crippen molar-refractivity contribution >= 4 is 170 Å². The van der Waals surface area contributed by atoms with Gasteiger partial charge in [0.1, 0.15) is 56.2 Å². The number of hydrogen-bond acceptors (Lipinski definition) is 27. The molecule has 0 bridgehead atoms. The number of nitrogen functional groups attached to an aromatic ring is 3. The van der Waals surface area contributed by atoms with Crippen molar-refractivity contribution in [3.8, 4) is 10.6 Å². The fraction of sp³-hybridized carbons (Fsp3) is 0.519. The summed E-state index contributed by atoms with van der Waals surface area (Å²) in [5.41, 5.74) is 23.9. The molecule has 3 saturated carbocycles. The van der Waals surface area contributed by atoms with Gasteiger partial charge in [-0.3, -0.25) is 0 Å². The van der Waals surface area contributed by atoms with Crippen LogP contribution in [0, 0.1) is 24.9 Å². The van der Waals surface area contributed by atoms with E-state index in [0.29, 0.717) is 53.2 Å². The molecule has 0 amide bonds. The summed E-state index contributed by atoms with van der Waals surface area (Å²) in [4.78, 5) is 37.7. The molecule has 12 rings (SSSR count). The number of halogens is 5. The fourth-order valence-corrected chi connectivity index (χ4v) is 14.2. The summed E-state index contributed by atoms with van der Waals surface area (Å²) in [6, 6.07) is 11.8. The minimum atomic E-state index is -0.983. The molecule has 5 aromatic heterocycles. The molecule has 0 spiro atoms. The number of nitrogens with zero attached hydrogens (tertiary/aromatic N) is 10. The third-order valence-corrected chi connectivity index (χ3v) is 20.4. The van der Waals surface area contributed by atoms with E-state index >= 15 is 0 Å². The molecule has 32 heteroatoms. The van der Waals surface area contributed by atoms with Crippen molar-refractivity contribution in [3.05, 3.63) is 64.5 Å². The molecule has 0 unspecified atom stereocenters. The van der Waals surface area contributed by atoms with Crippen LogP contribution < -0.4 is 43.0 Å². The van der Waals surface area contributed by atoms with Crippen LogP contribution >= 0.6 is 103 Å². The average Bonchev–Trinajstić information content (AvgIpc) is 2.31. The van der Waals surface area contributed by atoms with Gasteiger partial charge in [-0.2, -0.15) is 15.0 Å². The number of hydrogen-bond donors (Lipinski definition) is 11. The predicted molar refractivity (Wildman–Crippen MR) is 354 cm³/mol. The van der Waals surface area contributed by atoms with E-state index < -0.39 is 29.8 Å². The average molecular weight is 1510 g/mol. The van der Waals surface area contributed by atoms with E-state index in [1.165, 1.54) is 21.7 Å². The van der Waals surface area contributed by atoms with E-state index in [4.69, 9.17) is 81.0 Å². The Balaban J connectivity index is 0.000000145. The summed E-state index contributed by atoms with van der Waals surface area (Å²) < 4.78 is 27.7. The lowest BCUT2D eigenvalue weighted by molar-refractivity contribution is -0.159. The summed E-state index contributed by atoms with van der Waals surface area (Å²) in [7, 11) is 8.09. The zero-order chi connectivity index (χ0) is 62.3. The van der Waals surface area contributed by atoms with Crippen LogP contribution in [0.4, 0.5) is 46.7 Å². The van der Waals surface area contributed by atoms with Crippen molar-refractivity contribution < 1.29 is 44.5 Å². The number of benzene rings is 2. The molecule has 86 heavy (non-hydrogen) atoms. The fourth-order valence-electron chi connectivity index (χ4n) is 11.0. The van der Waals surface area contributed by atoms with E-state index in [2.05, 4.69) is 103 Å². The summed E-state index contributed by atoms with van der Waals surface area (Å²) in [6.07, 6.45) is -0.865. The largest absolute Gasteiger partial charge is 0.396 e. The van der Waals surface area contributed by atoms with Gasteiger partial charge in [0.05, 0.1) is 75.1 Å². The Morgan fingerprint density at radius 2 is 1.00 bits per heavy atom. The highest BCUT2D eigenvalue weighted by molar-refractivity contribution is 14.1. The number of thiazole rings is 2. The molecule has 2 aliphatic heterocycles. The Morgan fingerprint density at radius 3 is 1.49 bits per heavy atom. The summed E-state index contributed by atoms with van der Waals surface area (Å²) >= 11 is 25.7. The van der Waals surface area contributed by atoms with Gasteiger partial charge in [-0.25, -0.2) is 24.9 Å². The Bertz CT molecular complexity index is 3530. The van der Waals surface area contributed by atoms with Crippen LogP contribution in [0.15, 0.2) is 41.9 Å². The normalized spacial score (nSPS) is 26.6. The predicted octanol–water partition coefficient (Wildman–Crippen LogP) is 7.19. The van der Waals surface area contributed by atoms with Crippen molar-refractivity contribution in [1.29, 1.82) is 0 Å². The highest BCUT2D eigenvalue weighted by Gasteiger charge is 2.55. The lowest BCUT2D eigenvalue weighted by Crippen LogP contribution is -2.35. The first-order valence-electron chi connectivity index (χ1n) is 27.2. The van der Waals surface area contributed by atoms with Crippen LogP contribution in [-0.4, -0.2) is 180 Å². The smallest absolute Gasteiger partial charge is 0.223 e. The molecule has 5 aliphatic rings. The van der Waals surface area contributed by atoms with Gasteiger partial charge in [0.2, 0.25) is 17.8 Å². The van der Waals surface area contributed by atoms with Crippen LogP contribution in [0.2, 0.25) is 15.5 Å². The van der Waals surface area contributed by atoms with E-state index in [9.17, 15) is 20.4 Å². The Morgan fingerprint density at radius 1 is 0.570 bits per heavy atom. The Kier molecular flexibility index (Phi) is 21.2. The first-order chi connectivity index (χ1) is 40.7. The SMILES string of the molecule is CC1(C)O[C@@H]2[C@@H](CO)C[C@@H](Nc3nc(N)nc(Cl)c3I)[C@@H]2O1.CN(C)c1ccc2nc(-c3c(Cl)nc(N)nc3N[C@@H]3C[C@H](CO)[C@H]4OC(C)(C)O[C@H]43)sc2c1.CN(C)c1ccc2ncsc2c1.Nc1nc(Cl)c(I)c(N[C@@H]2C[C@H](CO)[C@@H](O)[C@H]2O)n1. The minimum Gasteiger partial charge on any atom is -0.396 e. The van der Waals surface area contributed by atoms with Crippen molar-refractivity contribution in [2.75, 3.05) is 91.0 Å². The number of fused-ring (bicyclic) bond motifs is 4. The van der Waals surface area contributed by atoms with Gasteiger partial charge in [-0.15, -0.1) is 22.7 Å². The number of aliphatic hydroxyl groups is 5. The second kappa shape index (κ2) is 27.5. The molecule has 7 heterocycles. The highest BCUT2D eigenvalue weighted by Crippen LogP contribution is 2.46. The maximum Gasteiger partial charge on any atom is 0.223 e. The number of nitrogens with one attached hydrogen (secondary N) is 3. The first-order valence-corrected chi connectivity index (χ1v) is 32.2. The molecular weight excluding hydrogens is 1440 g/mol. The van der Waals surface area contributed by atoms with Gasteiger partial charge in [-0.1, -0.05) is 34.8 Å². The van der Waals surface area contributed by atoms with Crippen molar-refractivity contribution in [1.82, 2.24) is 39.9 Å². The minimum absolute atomic E-state index is 0.0182. The van der Waals surface area contributed by atoms with Crippen molar-refractivity contribution in [2.45, 2.75) is 113 Å². The van der Waals surface area contributed by atoms with Crippen LogP contribution in [-0.2, 0) is 18.9 Å². The Hall–Kier alpha value is -4.17. The number of nitrogens with two attached hydrogens (primary N) is 3. The molecule has 14 N–H and O–H groups in total. The van der Waals surface area contributed by atoms with E-state index in [1.54, 1.807) is 11.3 Å². The van der Waals surface area contributed by atoms with Gasteiger partial charge >= 0.3 is 0 Å². The van der Waals surface area contributed by atoms with E-state index in [1.807, 2.05) is 101 Å². The zero-order valence-corrected chi connectivity index (χ0v) is 56.2. The quantitative estimate of drug-likeness (QED) is 0.0426. The van der Waals surface area contributed by atoms with Gasteiger partial charge in [-0.05, 0) is 129 Å². The second-order valence-electron chi connectivity index (χ2n) is 22.5. The molecule has 466 valence electrons. The molecule has 7 aromatic rings. The number of aliphatic hydroxyl groups excluding tert-OH is 5. The molecule has 3 aliphatic carbocycles. The third kappa shape index (κ3) is 15.0. The van der Waals surface area contributed by atoms with Crippen LogP contribution in [0.25, 0.3) is 31.0 Å². The van der Waals surface area contributed by atoms with E-state index in [0.717, 1.165) is 27.8 Å². The number of ether oxygens (including phenoxy) is 4. The van der Waals surface area contributed by atoms with Gasteiger partial charge in [0.25, 0.3) is 0 Å². The molecule has 2 aromatic carbocycles. The summed E-state index contributed by atoms with van der Waals surface area (Å²) in [5, 5.41) is 59.5. The molecule has 12 atom stereocenters. The third-order valence-electron chi connectivity index (χ3n) is 15.1. The molecule has 5 fully saturated rings. The van der Waals surface area contributed by atoms with Crippen LogP contribution in [0.3, 0.4) is 0 Å². The Labute approximate surface area is 546 Å². The monoisotopic (exact) mass is 1510 g/mol.